The molecule has 0 fully saturated rings. The summed E-state index contributed by atoms with van der Waals surface area (Å²) in [4.78, 5) is 0. The lowest BCUT2D eigenvalue weighted by Crippen LogP contribution is -2.32. The summed E-state index contributed by atoms with van der Waals surface area (Å²) in [5, 5.41) is 4.42. The Morgan fingerprint density at radius 2 is 2.00 bits per heavy atom. The number of hydrazine groups is 1. The van der Waals surface area contributed by atoms with Gasteiger partial charge in [0, 0.05) is 10.5 Å². The summed E-state index contributed by atoms with van der Waals surface area (Å²) >= 11 is 7.10. The first kappa shape index (κ1) is 15.7. The van der Waals surface area contributed by atoms with Gasteiger partial charge in [0.15, 0.2) is 0 Å². The van der Waals surface area contributed by atoms with Crippen molar-refractivity contribution in [3.8, 4) is 0 Å². The quantitative estimate of drug-likeness (QED) is 0.604. The highest BCUT2D eigenvalue weighted by Crippen LogP contribution is 2.32. The van der Waals surface area contributed by atoms with Gasteiger partial charge in [0.05, 0.1) is 22.4 Å². The Labute approximate surface area is 136 Å². The van der Waals surface area contributed by atoms with Crippen LogP contribution < -0.4 is 11.3 Å². The predicted octanol–water partition coefficient (Wildman–Crippen LogP) is 3.85. The lowest BCUT2D eigenvalue weighted by molar-refractivity contribution is 0.474. The van der Waals surface area contributed by atoms with Gasteiger partial charge in [0.2, 0.25) is 0 Å². The molecule has 1 heterocycles. The number of hydrogen-bond acceptors (Lipinski definition) is 3. The van der Waals surface area contributed by atoms with Crippen LogP contribution in [0.3, 0.4) is 0 Å². The van der Waals surface area contributed by atoms with Crippen LogP contribution in [0.2, 0.25) is 0 Å². The molecule has 6 heteroatoms. The predicted molar refractivity (Wildman–Crippen MR) is 88.4 cm³/mol. The van der Waals surface area contributed by atoms with Gasteiger partial charge in [0.25, 0.3) is 0 Å². The summed E-state index contributed by atoms with van der Waals surface area (Å²) < 4.78 is 3.97. The van der Waals surface area contributed by atoms with Crippen molar-refractivity contribution in [2.45, 2.75) is 32.9 Å². The van der Waals surface area contributed by atoms with Crippen LogP contribution >= 0.6 is 31.9 Å². The van der Waals surface area contributed by atoms with E-state index in [-0.39, 0.29) is 12.1 Å². The minimum atomic E-state index is -0.119. The molecule has 1 aromatic heterocycles. The first-order valence-electron chi connectivity index (χ1n) is 6.40. The molecule has 3 N–H and O–H groups in total. The van der Waals surface area contributed by atoms with E-state index in [2.05, 4.69) is 75.3 Å². The maximum Gasteiger partial charge on any atom is 0.0892 e. The number of nitrogens with zero attached hydrogens (tertiary/aromatic N) is 2. The molecular formula is C14H18Br2N4. The Kier molecular flexibility index (Phi) is 5.01. The molecule has 20 heavy (non-hydrogen) atoms. The fraction of sp³-hybridized carbons (Fsp3) is 0.357. The Balaban J connectivity index is 2.58. The van der Waals surface area contributed by atoms with Crippen LogP contribution in [0.15, 0.2) is 33.3 Å². The first-order chi connectivity index (χ1) is 9.45. The van der Waals surface area contributed by atoms with Crippen molar-refractivity contribution >= 4 is 31.9 Å². The second-order valence-electron chi connectivity index (χ2n) is 5.02. The highest BCUT2D eigenvalue weighted by atomic mass is 79.9. The van der Waals surface area contributed by atoms with Crippen molar-refractivity contribution in [2.75, 3.05) is 0 Å². The lowest BCUT2D eigenvalue weighted by Gasteiger charge is -2.22. The summed E-state index contributed by atoms with van der Waals surface area (Å²) in [7, 11) is 0. The monoisotopic (exact) mass is 400 g/mol. The van der Waals surface area contributed by atoms with E-state index in [1.165, 1.54) is 5.56 Å². The molecule has 108 valence electrons. The van der Waals surface area contributed by atoms with Gasteiger partial charge in [-0.3, -0.25) is 10.5 Å². The summed E-state index contributed by atoms with van der Waals surface area (Å²) in [5.41, 5.74) is 6.25. The summed E-state index contributed by atoms with van der Waals surface area (Å²) in [5.74, 6) is 5.83. The average Bonchev–Trinajstić information content (AvgIpc) is 2.77. The third kappa shape index (κ3) is 2.98. The summed E-state index contributed by atoms with van der Waals surface area (Å²) in [6.07, 6.45) is 1.81. The smallest absolute Gasteiger partial charge is 0.0892 e. The molecule has 0 saturated heterocycles. The van der Waals surface area contributed by atoms with Crippen molar-refractivity contribution in [3.63, 3.8) is 0 Å². The molecular weight excluding hydrogens is 384 g/mol. The van der Waals surface area contributed by atoms with Gasteiger partial charge in [-0.2, -0.15) is 5.10 Å². The largest absolute Gasteiger partial charge is 0.271 e. The number of hydrogen-bond donors (Lipinski definition) is 2. The Bertz CT molecular complexity index is 607. The zero-order valence-electron chi connectivity index (χ0n) is 11.7. The van der Waals surface area contributed by atoms with Gasteiger partial charge in [-0.15, -0.1) is 0 Å². The van der Waals surface area contributed by atoms with Crippen LogP contribution in [0.5, 0.6) is 0 Å². The van der Waals surface area contributed by atoms with Crippen LogP contribution in [0.1, 0.15) is 42.8 Å². The van der Waals surface area contributed by atoms with Crippen LogP contribution in [-0.4, -0.2) is 9.78 Å². The van der Waals surface area contributed by atoms with E-state index in [1.807, 2.05) is 16.9 Å². The standard InChI is InChI=1S/C14H18Br2N4/c1-8(2)20-14(12(16)7-18-20)13(19-17)11-6-10(15)5-4-9(11)3/h4-8,13,19H,17H2,1-3H3. The van der Waals surface area contributed by atoms with Crippen LogP contribution in [0, 0.1) is 6.92 Å². The van der Waals surface area contributed by atoms with E-state index >= 15 is 0 Å². The van der Waals surface area contributed by atoms with E-state index < -0.39 is 0 Å². The first-order valence-corrected chi connectivity index (χ1v) is 7.99. The summed E-state index contributed by atoms with van der Waals surface area (Å²) in [6, 6.07) is 6.34. The number of nitrogens with one attached hydrogen (secondary N) is 1. The zero-order chi connectivity index (χ0) is 14.9. The van der Waals surface area contributed by atoms with E-state index in [9.17, 15) is 0 Å². The normalized spacial score (nSPS) is 12.9. The molecule has 1 aromatic carbocycles. The molecule has 0 aliphatic heterocycles. The molecule has 0 radical (unpaired) electrons. The second-order valence-corrected chi connectivity index (χ2v) is 6.79. The van der Waals surface area contributed by atoms with Gasteiger partial charge in [-0.05, 0) is 60.0 Å². The van der Waals surface area contributed by atoms with E-state index in [1.54, 1.807) is 0 Å². The van der Waals surface area contributed by atoms with Gasteiger partial charge in [0.1, 0.15) is 0 Å². The molecule has 2 aromatic rings. The van der Waals surface area contributed by atoms with E-state index in [0.29, 0.717) is 0 Å². The van der Waals surface area contributed by atoms with Crippen LogP contribution in [0.4, 0.5) is 0 Å². The number of rotatable bonds is 4. The molecule has 0 amide bonds. The SMILES string of the molecule is Cc1ccc(Br)cc1C(NN)c1c(Br)cnn1C(C)C. The third-order valence-electron chi connectivity index (χ3n) is 3.27. The fourth-order valence-corrected chi connectivity index (χ4v) is 3.15. The van der Waals surface area contributed by atoms with Crippen molar-refractivity contribution in [2.24, 2.45) is 5.84 Å². The topological polar surface area (TPSA) is 55.9 Å². The maximum absolute atomic E-state index is 5.83. The molecule has 1 atom stereocenters. The third-order valence-corrected chi connectivity index (χ3v) is 4.37. The number of nitrogens with two attached hydrogens (primary N) is 1. The second kappa shape index (κ2) is 6.39. The van der Waals surface area contributed by atoms with Gasteiger partial charge in [-0.1, -0.05) is 22.0 Å². The van der Waals surface area contributed by atoms with E-state index in [0.717, 1.165) is 20.2 Å². The van der Waals surface area contributed by atoms with Crippen molar-refractivity contribution in [1.29, 1.82) is 0 Å². The molecule has 4 nitrogen and oxygen atoms in total. The van der Waals surface area contributed by atoms with Crippen LogP contribution in [-0.2, 0) is 0 Å². The number of halogens is 2. The highest BCUT2D eigenvalue weighted by molar-refractivity contribution is 9.10. The zero-order valence-corrected chi connectivity index (χ0v) is 14.9. The molecule has 0 spiro atoms. The molecule has 1 unspecified atom stereocenters. The molecule has 2 rings (SSSR count). The molecule has 0 aliphatic carbocycles. The minimum absolute atomic E-state index is 0.119. The molecule has 0 saturated carbocycles. The fourth-order valence-electron chi connectivity index (χ4n) is 2.27. The highest BCUT2D eigenvalue weighted by Gasteiger charge is 2.23. The minimum Gasteiger partial charge on any atom is -0.271 e. The van der Waals surface area contributed by atoms with Gasteiger partial charge in [-0.25, -0.2) is 5.43 Å². The molecule has 0 aliphatic rings. The van der Waals surface area contributed by atoms with Gasteiger partial charge >= 0.3 is 0 Å². The molecule has 0 bridgehead atoms. The lowest BCUT2D eigenvalue weighted by atomic mass is 9.99. The van der Waals surface area contributed by atoms with Crippen molar-refractivity contribution in [3.05, 3.63) is 50.2 Å². The van der Waals surface area contributed by atoms with Crippen molar-refractivity contribution < 1.29 is 0 Å². The van der Waals surface area contributed by atoms with Gasteiger partial charge < -0.3 is 0 Å². The Morgan fingerprint density at radius 1 is 1.30 bits per heavy atom. The maximum atomic E-state index is 5.83. The van der Waals surface area contributed by atoms with E-state index in [4.69, 9.17) is 5.84 Å². The number of benzene rings is 1. The van der Waals surface area contributed by atoms with Crippen molar-refractivity contribution in [1.82, 2.24) is 15.2 Å². The number of aryl methyl sites for hydroxylation is 1. The van der Waals surface area contributed by atoms with Crippen LogP contribution in [0.25, 0.3) is 0 Å². The summed E-state index contributed by atoms with van der Waals surface area (Å²) in [6.45, 7) is 6.28. The average molecular weight is 402 g/mol. The Morgan fingerprint density at radius 3 is 2.60 bits per heavy atom. The Hall–Kier alpha value is -0.690. The number of aromatic nitrogens is 2.